The maximum absolute atomic E-state index is 13.4. The summed E-state index contributed by atoms with van der Waals surface area (Å²) in [5.41, 5.74) is 1.03. The van der Waals surface area contributed by atoms with Gasteiger partial charge < -0.3 is 21.3 Å². The molecule has 0 bridgehead atoms. The van der Waals surface area contributed by atoms with Crippen LogP contribution in [-0.2, 0) is 15.1 Å². The van der Waals surface area contributed by atoms with Crippen molar-refractivity contribution in [3.8, 4) is 12.1 Å². The highest BCUT2D eigenvalue weighted by atomic mass is 16.2. The molecule has 170 valence electrons. The summed E-state index contributed by atoms with van der Waals surface area (Å²) in [5, 5.41) is 28.4. The lowest BCUT2D eigenvalue weighted by Crippen LogP contribution is -2.62. The van der Waals surface area contributed by atoms with Gasteiger partial charge >= 0.3 is 6.03 Å². The van der Waals surface area contributed by atoms with Crippen LogP contribution in [0.2, 0.25) is 0 Å². The normalized spacial score (nSPS) is 11.8. The number of nitriles is 2. The topological polar surface area (TPSA) is 147 Å². The fraction of sp³-hybridized carbons (Fsp3) is 0.292. The summed E-state index contributed by atoms with van der Waals surface area (Å²) in [6.07, 6.45) is -0.318. The van der Waals surface area contributed by atoms with Gasteiger partial charge in [0, 0.05) is 12.2 Å². The molecule has 2 aromatic rings. The number of carbonyl (C=O) groups is 3. The average Bonchev–Trinajstić information content (AvgIpc) is 2.80. The van der Waals surface area contributed by atoms with Crippen molar-refractivity contribution in [3.05, 3.63) is 65.2 Å². The Balaban J connectivity index is 2.44. The Morgan fingerprint density at radius 2 is 1.58 bits per heavy atom. The second kappa shape index (κ2) is 11.9. The highest BCUT2D eigenvalue weighted by Crippen LogP contribution is 2.24. The Morgan fingerprint density at radius 3 is 2.18 bits per heavy atom. The number of hydrogen-bond acceptors (Lipinski definition) is 5. The van der Waals surface area contributed by atoms with Crippen molar-refractivity contribution in [3.63, 3.8) is 0 Å². The van der Waals surface area contributed by atoms with Crippen molar-refractivity contribution in [2.45, 2.75) is 32.2 Å². The predicted molar refractivity (Wildman–Crippen MR) is 123 cm³/mol. The van der Waals surface area contributed by atoms with Gasteiger partial charge in [0.2, 0.25) is 5.91 Å². The smallest absolute Gasteiger partial charge is 0.320 e. The Morgan fingerprint density at radius 1 is 0.909 bits per heavy atom. The van der Waals surface area contributed by atoms with E-state index in [2.05, 4.69) is 21.3 Å². The fourth-order valence-corrected chi connectivity index (χ4v) is 3.31. The number of nitrogens with zero attached hydrogens (tertiary/aromatic N) is 2. The second-order valence-electron chi connectivity index (χ2n) is 7.39. The van der Waals surface area contributed by atoms with Gasteiger partial charge in [-0.3, -0.25) is 9.59 Å². The van der Waals surface area contributed by atoms with Gasteiger partial charge in [0.25, 0.3) is 5.91 Å². The summed E-state index contributed by atoms with van der Waals surface area (Å²) < 4.78 is 0. The van der Waals surface area contributed by atoms with E-state index in [0.717, 1.165) is 11.1 Å². The summed E-state index contributed by atoms with van der Waals surface area (Å²) in [5.74, 6) is -1.18. The number of benzene rings is 2. The Labute approximate surface area is 192 Å². The van der Waals surface area contributed by atoms with E-state index in [1.807, 2.05) is 38.1 Å². The molecule has 0 heterocycles. The van der Waals surface area contributed by atoms with Crippen molar-refractivity contribution in [2.75, 3.05) is 18.4 Å². The number of aryl methyl sites for hydroxylation is 2. The molecule has 0 aliphatic carbocycles. The van der Waals surface area contributed by atoms with E-state index in [4.69, 9.17) is 10.5 Å². The zero-order chi connectivity index (χ0) is 24.3. The fourth-order valence-electron chi connectivity index (χ4n) is 3.31. The van der Waals surface area contributed by atoms with Gasteiger partial charge in [-0.15, -0.1) is 0 Å². The molecule has 0 radical (unpaired) electrons. The summed E-state index contributed by atoms with van der Waals surface area (Å²) in [7, 11) is 0. The monoisotopic (exact) mass is 446 g/mol. The SMILES string of the molecule is Cc1cccc(C)c1NC(=O)NC(CNC(=O)CC#N)(C(=O)NCCC#N)c1ccccc1. The van der Waals surface area contributed by atoms with E-state index in [1.165, 1.54) is 0 Å². The molecule has 9 heteroatoms. The van der Waals surface area contributed by atoms with E-state index in [-0.39, 0.29) is 19.5 Å². The van der Waals surface area contributed by atoms with Gasteiger partial charge in [-0.1, -0.05) is 48.5 Å². The third kappa shape index (κ3) is 6.55. The van der Waals surface area contributed by atoms with E-state index >= 15 is 0 Å². The van der Waals surface area contributed by atoms with Crippen LogP contribution in [0, 0.1) is 36.5 Å². The standard InChI is InChI=1S/C24H26N6O3/c1-17-8-6-9-18(2)21(17)29-23(33)30-24(16-28-20(31)12-14-26,19-10-4-3-5-11-19)22(32)27-15-7-13-25/h3-6,8-11H,7,12,15-16H2,1-2H3,(H,27,32)(H,28,31)(H2,29,30,33). The second-order valence-corrected chi connectivity index (χ2v) is 7.39. The van der Waals surface area contributed by atoms with Crippen LogP contribution in [0.3, 0.4) is 0 Å². The number of para-hydroxylation sites is 1. The Hall–Kier alpha value is -4.37. The molecule has 2 aromatic carbocycles. The molecule has 4 N–H and O–H groups in total. The first kappa shape index (κ1) is 24.9. The quantitative estimate of drug-likeness (QED) is 0.437. The molecule has 0 aliphatic rings. The first-order valence-electron chi connectivity index (χ1n) is 10.3. The molecule has 4 amide bonds. The van der Waals surface area contributed by atoms with Crippen LogP contribution in [0.1, 0.15) is 29.5 Å². The number of nitrogens with one attached hydrogen (secondary N) is 4. The van der Waals surface area contributed by atoms with Gasteiger partial charge in [-0.05, 0) is 30.5 Å². The Kier molecular flexibility index (Phi) is 8.95. The molecule has 0 aliphatic heterocycles. The molecular weight excluding hydrogens is 420 g/mol. The van der Waals surface area contributed by atoms with Gasteiger partial charge in [0.05, 0.1) is 25.1 Å². The molecule has 1 atom stereocenters. The van der Waals surface area contributed by atoms with Crippen molar-refractivity contribution in [2.24, 2.45) is 0 Å². The molecular formula is C24H26N6O3. The number of amides is 4. The van der Waals surface area contributed by atoms with Crippen molar-refractivity contribution in [1.29, 1.82) is 10.5 Å². The van der Waals surface area contributed by atoms with Crippen LogP contribution < -0.4 is 21.3 Å². The van der Waals surface area contributed by atoms with Crippen LogP contribution in [0.4, 0.5) is 10.5 Å². The summed E-state index contributed by atoms with van der Waals surface area (Å²) in [6.45, 7) is 3.47. The van der Waals surface area contributed by atoms with Gasteiger partial charge in [0.15, 0.2) is 5.54 Å². The summed E-state index contributed by atoms with van der Waals surface area (Å²) >= 11 is 0. The first-order valence-corrected chi connectivity index (χ1v) is 10.3. The lowest BCUT2D eigenvalue weighted by Gasteiger charge is -2.34. The van der Waals surface area contributed by atoms with Gasteiger partial charge in [-0.25, -0.2) is 4.79 Å². The minimum absolute atomic E-state index is 0.0657. The highest BCUT2D eigenvalue weighted by Gasteiger charge is 2.42. The number of rotatable bonds is 9. The third-order valence-corrected chi connectivity index (χ3v) is 5.01. The average molecular weight is 447 g/mol. The molecule has 9 nitrogen and oxygen atoms in total. The van der Waals surface area contributed by atoms with Crippen molar-refractivity contribution >= 4 is 23.5 Å². The molecule has 0 saturated carbocycles. The maximum Gasteiger partial charge on any atom is 0.320 e. The minimum Gasteiger partial charge on any atom is -0.353 e. The van der Waals surface area contributed by atoms with Crippen LogP contribution in [0.25, 0.3) is 0 Å². The first-order chi connectivity index (χ1) is 15.8. The molecule has 0 fully saturated rings. The lowest BCUT2D eigenvalue weighted by atomic mass is 9.88. The van der Waals surface area contributed by atoms with Crippen LogP contribution in [0.5, 0.6) is 0 Å². The number of urea groups is 1. The maximum atomic E-state index is 13.4. The van der Waals surface area contributed by atoms with Crippen molar-refractivity contribution < 1.29 is 14.4 Å². The minimum atomic E-state index is -1.69. The largest absolute Gasteiger partial charge is 0.353 e. The van der Waals surface area contributed by atoms with Gasteiger partial charge in [-0.2, -0.15) is 10.5 Å². The number of anilines is 1. The van der Waals surface area contributed by atoms with Crippen LogP contribution in [0.15, 0.2) is 48.5 Å². The van der Waals surface area contributed by atoms with Crippen LogP contribution >= 0.6 is 0 Å². The highest BCUT2D eigenvalue weighted by molar-refractivity contribution is 5.98. The molecule has 0 aromatic heterocycles. The van der Waals surface area contributed by atoms with E-state index in [9.17, 15) is 14.4 Å². The number of hydrogen-bond donors (Lipinski definition) is 4. The van der Waals surface area contributed by atoms with Crippen LogP contribution in [-0.4, -0.2) is 30.9 Å². The zero-order valence-corrected chi connectivity index (χ0v) is 18.6. The molecule has 33 heavy (non-hydrogen) atoms. The molecule has 1 unspecified atom stereocenters. The third-order valence-electron chi connectivity index (χ3n) is 5.01. The summed E-state index contributed by atoms with van der Waals surface area (Å²) in [4.78, 5) is 38.5. The van der Waals surface area contributed by atoms with Crippen molar-refractivity contribution in [1.82, 2.24) is 16.0 Å². The molecule has 0 saturated heterocycles. The lowest BCUT2D eigenvalue weighted by molar-refractivity contribution is -0.128. The van der Waals surface area contributed by atoms with E-state index in [0.29, 0.717) is 11.3 Å². The van der Waals surface area contributed by atoms with E-state index in [1.54, 1.807) is 36.4 Å². The zero-order valence-electron chi connectivity index (χ0n) is 18.6. The summed E-state index contributed by atoms with van der Waals surface area (Å²) in [6, 6.07) is 17.1. The van der Waals surface area contributed by atoms with Gasteiger partial charge in [0.1, 0.15) is 6.42 Å². The molecule has 0 spiro atoms. The predicted octanol–water partition coefficient (Wildman–Crippen LogP) is 2.38. The number of carbonyl (C=O) groups excluding carboxylic acids is 3. The Bertz CT molecular complexity index is 1070. The molecule has 2 rings (SSSR count). The van der Waals surface area contributed by atoms with E-state index < -0.39 is 29.8 Å².